The van der Waals surface area contributed by atoms with Gasteiger partial charge in [-0.25, -0.2) is 4.79 Å². The molecule has 1 aliphatic heterocycles. The fourth-order valence-electron chi connectivity index (χ4n) is 5.52. The number of halogens is 1. The first kappa shape index (κ1) is 23.7. The molecule has 0 aromatic heterocycles. The standard InChI is InChI=1S/C27H30ClN3O4/c1-17-7-5-11-21(28)23(17)30-24(32)20-13-27(20)15-31(16-27)25(33)19-10-6-12-22(19)29-26(34)35-14-18-8-3-2-4-9-18/h2-5,7-9,11,19-20,22H,6,10,12-16H2,1H3,(H,29,34)(H,30,32). The number of anilines is 1. The molecule has 0 radical (unpaired) electrons. The summed E-state index contributed by atoms with van der Waals surface area (Å²) in [6, 6.07) is 14.8. The summed E-state index contributed by atoms with van der Waals surface area (Å²) in [5.41, 5.74) is 2.38. The predicted molar refractivity (Wildman–Crippen MR) is 133 cm³/mol. The number of hydrogen-bond acceptors (Lipinski definition) is 4. The lowest BCUT2D eigenvalue weighted by Crippen LogP contribution is -2.57. The highest BCUT2D eigenvalue weighted by atomic mass is 35.5. The van der Waals surface area contributed by atoms with Crippen LogP contribution < -0.4 is 10.6 Å². The monoisotopic (exact) mass is 495 g/mol. The number of aryl methyl sites for hydroxylation is 1. The van der Waals surface area contributed by atoms with Crippen molar-refractivity contribution in [2.75, 3.05) is 18.4 Å². The normalized spacial score (nSPS) is 23.9. The Balaban J connectivity index is 1.10. The van der Waals surface area contributed by atoms with Gasteiger partial charge in [0.25, 0.3) is 0 Å². The molecule has 3 unspecified atom stereocenters. The van der Waals surface area contributed by atoms with E-state index in [1.165, 1.54) is 0 Å². The maximum atomic E-state index is 13.2. The lowest BCUT2D eigenvalue weighted by atomic mass is 9.90. The molecule has 5 rings (SSSR count). The molecule has 3 fully saturated rings. The van der Waals surface area contributed by atoms with Crippen LogP contribution in [0.15, 0.2) is 48.5 Å². The number of ether oxygens (including phenoxy) is 1. The lowest BCUT2D eigenvalue weighted by molar-refractivity contribution is -0.145. The van der Waals surface area contributed by atoms with Crippen LogP contribution in [0.3, 0.4) is 0 Å². The third-order valence-corrected chi connectivity index (χ3v) is 7.96. The predicted octanol–water partition coefficient (Wildman–Crippen LogP) is 4.53. The molecule has 8 heteroatoms. The quantitative estimate of drug-likeness (QED) is 0.616. The Morgan fingerprint density at radius 3 is 2.60 bits per heavy atom. The Kier molecular flexibility index (Phi) is 6.45. The van der Waals surface area contributed by atoms with E-state index in [1.807, 2.05) is 54.3 Å². The van der Waals surface area contributed by atoms with E-state index >= 15 is 0 Å². The number of hydrogen-bond donors (Lipinski definition) is 2. The Bertz CT molecular complexity index is 1110. The summed E-state index contributed by atoms with van der Waals surface area (Å²) in [5, 5.41) is 6.41. The van der Waals surface area contributed by atoms with E-state index < -0.39 is 6.09 Å². The molecule has 2 aromatic carbocycles. The van der Waals surface area contributed by atoms with Crippen LogP contribution in [0.2, 0.25) is 5.02 Å². The van der Waals surface area contributed by atoms with E-state index in [9.17, 15) is 14.4 Å². The van der Waals surface area contributed by atoms with Crippen molar-refractivity contribution in [3.8, 4) is 0 Å². The lowest BCUT2D eigenvalue weighted by Gasteiger charge is -2.42. The highest BCUT2D eigenvalue weighted by molar-refractivity contribution is 6.34. The first-order valence-corrected chi connectivity index (χ1v) is 12.6. The molecule has 35 heavy (non-hydrogen) atoms. The zero-order chi connectivity index (χ0) is 24.6. The van der Waals surface area contributed by atoms with E-state index in [0.29, 0.717) is 23.8 Å². The van der Waals surface area contributed by atoms with Crippen LogP contribution in [0.4, 0.5) is 10.5 Å². The number of carbonyl (C=O) groups excluding carboxylic acids is 3. The minimum Gasteiger partial charge on any atom is -0.445 e. The number of para-hydroxylation sites is 1. The summed E-state index contributed by atoms with van der Waals surface area (Å²) in [6.45, 7) is 3.29. The van der Waals surface area contributed by atoms with Crippen LogP contribution in [0.1, 0.15) is 36.8 Å². The number of likely N-dealkylation sites (tertiary alicyclic amines) is 1. The van der Waals surface area contributed by atoms with Gasteiger partial charge in [-0.15, -0.1) is 0 Å². The van der Waals surface area contributed by atoms with Crippen LogP contribution in [0, 0.1) is 24.2 Å². The molecule has 0 bridgehead atoms. The van der Waals surface area contributed by atoms with Gasteiger partial charge in [0.1, 0.15) is 6.61 Å². The van der Waals surface area contributed by atoms with E-state index in [-0.39, 0.29) is 41.7 Å². The maximum absolute atomic E-state index is 13.2. The molecule has 7 nitrogen and oxygen atoms in total. The second-order valence-corrected chi connectivity index (χ2v) is 10.5. The molecule has 2 saturated carbocycles. The average molecular weight is 496 g/mol. The first-order chi connectivity index (χ1) is 16.9. The fraction of sp³-hybridized carbons (Fsp3) is 0.444. The summed E-state index contributed by atoms with van der Waals surface area (Å²) >= 11 is 6.25. The molecular formula is C27H30ClN3O4. The fourth-order valence-corrected chi connectivity index (χ4v) is 5.79. The van der Waals surface area contributed by atoms with Crippen molar-refractivity contribution in [3.63, 3.8) is 0 Å². The molecule has 3 amide bonds. The Labute approximate surface area is 210 Å². The van der Waals surface area contributed by atoms with Crippen LogP contribution in [0.25, 0.3) is 0 Å². The van der Waals surface area contributed by atoms with Crippen molar-refractivity contribution in [1.82, 2.24) is 10.2 Å². The number of benzene rings is 2. The van der Waals surface area contributed by atoms with E-state index in [4.69, 9.17) is 16.3 Å². The van der Waals surface area contributed by atoms with E-state index in [2.05, 4.69) is 10.6 Å². The van der Waals surface area contributed by atoms with Gasteiger partial charge < -0.3 is 20.3 Å². The van der Waals surface area contributed by atoms with E-state index in [0.717, 1.165) is 36.8 Å². The van der Waals surface area contributed by atoms with Gasteiger partial charge in [0, 0.05) is 30.5 Å². The largest absolute Gasteiger partial charge is 0.445 e. The van der Waals surface area contributed by atoms with Crippen molar-refractivity contribution >= 4 is 35.2 Å². The zero-order valence-corrected chi connectivity index (χ0v) is 20.5. The van der Waals surface area contributed by atoms with Crippen molar-refractivity contribution in [2.24, 2.45) is 17.3 Å². The summed E-state index contributed by atoms with van der Waals surface area (Å²) in [6.07, 6.45) is 2.69. The van der Waals surface area contributed by atoms with Gasteiger partial charge in [-0.3, -0.25) is 9.59 Å². The molecule has 3 atom stereocenters. The Morgan fingerprint density at radius 1 is 1.09 bits per heavy atom. The highest BCUT2D eigenvalue weighted by Crippen LogP contribution is 2.59. The van der Waals surface area contributed by atoms with Gasteiger partial charge in [-0.2, -0.15) is 0 Å². The Morgan fingerprint density at radius 2 is 1.86 bits per heavy atom. The van der Waals surface area contributed by atoms with Crippen molar-refractivity contribution in [2.45, 2.75) is 45.3 Å². The molecule has 1 spiro atoms. The molecule has 2 N–H and O–H groups in total. The van der Waals surface area contributed by atoms with Gasteiger partial charge in [0.2, 0.25) is 11.8 Å². The third-order valence-electron chi connectivity index (χ3n) is 7.65. The summed E-state index contributed by atoms with van der Waals surface area (Å²) < 4.78 is 5.34. The number of amides is 3. The van der Waals surface area contributed by atoms with Crippen molar-refractivity contribution in [1.29, 1.82) is 0 Å². The number of carbonyl (C=O) groups is 3. The zero-order valence-electron chi connectivity index (χ0n) is 19.8. The van der Waals surface area contributed by atoms with Gasteiger partial charge >= 0.3 is 6.09 Å². The summed E-state index contributed by atoms with van der Waals surface area (Å²) in [5.74, 6) is -0.314. The van der Waals surface area contributed by atoms with Crippen molar-refractivity contribution in [3.05, 3.63) is 64.7 Å². The minimum atomic E-state index is -0.493. The summed E-state index contributed by atoms with van der Waals surface area (Å²) in [7, 11) is 0. The number of rotatable bonds is 6. The third kappa shape index (κ3) is 4.87. The van der Waals surface area contributed by atoms with Crippen LogP contribution >= 0.6 is 11.6 Å². The molecule has 3 aliphatic rings. The van der Waals surface area contributed by atoms with Crippen LogP contribution in [0.5, 0.6) is 0 Å². The molecule has 1 heterocycles. The van der Waals surface area contributed by atoms with E-state index in [1.54, 1.807) is 6.07 Å². The average Bonchev–Trinajstić information content (AvgIpc) is 3.43. The topological polar surface area (TPSA) is 87.7 Å². The molecule has 2 aromatic rings. The number of nitrogens with one attached hydrogen (secondary N) is 2. The van der Waals surface area contributed by atoms with Gasteiger partial charge in [-0.1, -0.05) is 60.5 Å². The summed E-state index contributed by atoms with van der Waals surface area (Å²) in [4.78, 5) is 40.2. The molecule has 1 saturated heterocycles. The second kappa shape index (κ2) is 9.53. The smallest absolute Gasteiger partial charge is 0.407 e. The minimum absolute atomic E-state index is 0.0325. The molecule has 184 valence electrons. The van der Waals surface area contributed by atoms with Crippen LogP contribution in [-0.4, -0.2) is 41.9 Å². The van der Waals surface area contributed by atoms with Gasteiger partial charge in [0.05, 0.1) is 16.6 Å². The van der Waals surface area contributed by atoms with Crippen LogP contribution in [-0.2, 0) is 20.9 Å². The highest BCUT2D eigenvalue weighted by Gasteiger charge is 2.65. The van der Waals surface area contributed by atoms with Gasteiger partial charge in [0.15, 0.2) is 0 Å². The number of alkyl carbamates (subject to hydrolysis) is 1. The van der Waals surface area contributed by atoms with Gasteiger partial charge in [-0.05, 0) is 43.4 Å². The molecular weight excluding hydrogens is 466 g/mol. The molecule has 2 aliphatic carbocycles. The maximum Gasteiger partial charge on any atom is 0.407 e. The Hall–Kier alpha value is -3.06. The number of nitrogens with zero attached hydrogens (tertiary/aromatic N) is 1. The SMILES string of the molecule is Cc1cccc(Cl)c1NC(=O)C1CC12CN(C(=O)C1CCCC1NC(=O)OCc1ccccc1)C2. The second-order valence-electron chi connectivity index (χ2n) is 10.1. The van der Waals surface area contributed by atoms with Crippen molar-refractivity contribution < 1.29 is 19.1 Å². The first-order valence-electron chi connectivity index (χ1n) is 12.2.